The monoisotopic (exact) mass is 233 g/mol. The van der Waals surface area contributed by atoms with Crippen LogP contribution in [0.1, 0.15) is 29.2 Å². The van der Waals surface area contributed by atoms with Crippen LogP contribution in [0.25, 0.3) is 0 Å². The van der Waals surface area contributed by atoms with Gasteiger partial charge in [0.05, 0.1) is 5.69 Å². The number of alkyl halides is 1. The summed E-state index contributed by atoms with van der Waals surface area (Å²) in [6.07, 6.45) is 0.717. The number of aryl methyl sites for hydroxylation is 1. The molecule has 0 bridgehead atoms. The van der Waals surface area contributed by atoms with E-state index in [0.717, 1.165) is 17.2 Å². The Morgan fingerprint density at radius 3 is 3.00 bits per heavy atom. The average molecular weight is 234 g/mol. The average Bonchev–Trinajstić information content (AvgIpc) is 2.65. The topological polar surface area (TPSA) is 54.9 Å². The molecule has 4 nitrogen and oxygen atoms in total. The zero-order valence-electron chi connectivity index (χ0n) is 8.08. The number of carbonyl (C=O) groups is 1. The standard InChI is InChI=1S/C8H12ClN3OS/c1-3-6-7(14-12-11-6)8(13)10-5(2)4-9/h5H,3-4H2,1-2H3,(H,10,13). The first-order valence-corrected chi connectivity index (χ1v) is 5.67. The van der Waals surface area contributed by atoms with Crippen LogP contribution < -0.4 is 5.32 Å². The molecule has 0 aliphatic rings. The van der Waals surface area contributed by atoms with E-state index < -0.39 is 0 Å². The van der Waals surface area contributed by atoms with E-state index in [4.69, 9.17) is 11.6 Å². The van der Waals surface area contributed by atoms with Gasteiger partial charge in [0.15, 0.2) is 0 Å². The van der Waals surface area contributed by atoms with Gasteiger partial charge < -0.3 is 5.32 Å². The summed E-state index contributed by atoms with van der Waals surface area (Å²) in [5.74, 6) is 0.268. The fourth-order valence-electron chi connectivity index (χ4n) is 0.940. The van der Waals surface area contributed by atoms with Gasteiger partial charge in [-0.2, -0.15) is 0 Å². The fraction of sp³-hybridized carbons (Fsp3) is 0.625. The van der Waals surface area contributed by atoms with E-state index in [1.54, 1.807) is 0 Å². The van der Waals surface area contributed by atoms with E-state index in [2.05, 4.69) is 14.9 Å². The number of rotatable bonds is 4. The molecule has 1 atom stereocenters. The maximum atomic E-state index is 11.6. The van der Waals surface area contributed by atoms with E-state index in [1.165, 1.54) is 0 Å². The summed E-state index contributed by atoms with van der Waals surface area (Å²) in [6.45, 7) is 3.80. The number of aromatic nitrogens is 2. The van der Waals surface area contributed by atoms with Crippen molar-refractivity contribution >= 4 is 29.0 Å². The van der Waals surface area contributed by atoms with Crippen LogP contribution in [-0.4, -0.2) is 27.4 Å². The molecule has 1 N–H and O–H groups in total. The van der Waals surface area contributed by atoms with Crippen molar-refractivity contribution in [3.05, 3.63) is 10.6 Å². The molecule has 1 heterocycles. The third kappa shape index (κ3) is 2.65. The maximum Gasteiger partial charge on any atom is 0.265 e. The molecule has 1 unspecified atom stereocenters. The van der Waals surface area contributed by atoms with Crippen molar-refractivity contribution in [1.29, 1.82) is 0 Å². The highest BCUT2D eigenvalue weighted by molar-refractivity contribution is 7.08. The lowest BCUT2D eigenvalue weighted by Crippen LogP contribution is -2.33. The quantitative estimate of drug-likeness (QED) is 0.802. The van der Waals surface area contributed by atoms with Crippen molar-refractivity contribution in [2.24, 2.45) is 0 Å². The summed E-state index contributed by atoms with van der Waals surface area (Å²) in [5.41, 5.74) is 0.745. The van der Waals surface area contributed by atoms with E-state index in [9.17, 15) is 4.79 Å². The van der Waals surface area contributed by atoms with Gasteiger partial charge in [-0.05, 0) is 24.9 Å². The summed E-state index contributed by atoms with van der Waals surface area (Å²) in [4.78, 5) is 12.2. The Morgan fingerprint density at radius 2 is 2.43 bits per heavy atom. The molecule has 0 radical (unpaired) electrons. The van der Waals surface area contributed by atoms with Gasteiger partial charge in [-0.15, -0.1) is 16.7 Å². The van der Waals surface area contributed by atoms with Crippen LogP contribution in [0.3, 0.4) is 0 Å². The minimum atomic E-state index is -0.134. The first-order valence-electron chi connectivity index (χ1n) is 4.37. The molecule has 0 aliphatic heterocycles. The third-order valence-electron chi connectivity index (χ3n) is 1.71. The van der Waals surface area contributed by atoms with Crippen molar-refractivity contribution < 1.29 is 4.79 Å². The molecule has 1 aromatic heterocycles. The Kier molecular flexibility index (Phi) is 4.28. The highest BCUT2D eigenvalue weighted by Crippen LogP contribution is 2.10. The molecule has 6 heteroatoms. The number of hydrogen-bond donors (Lipinski definition) is 1. The zero-order valence-corrected chi connectivity index (χ0v) is 9.65. The second-order valence-electron chi connectivity index (χ2n) is 2.93. The Labute approximate surface area is 91.8 Å². The molecule has 0 spiro atoms. The number of carbonyl (C=O) groups excluding carboxylic acids is 1. The van der Waals surface area contributed by atoms with Crippen LogP contribution in [0.4, 0.5) is 0 Å². The smallest absolute Gasteiger partial charge is 0.265 e. The van der Waals surface area contributed by atoms with Gasteiger partial charge in [-0.25, -0.2) is 0 Å². The molecular weight excluding hydrogens is 222 g/mol. The normalized spacial score (nSPS) is 12.5. The van der Waals surface area contributed by atoms with E-state index in [0.29, 0.717) is 17.2 Å². The summed E-state index contributed by atoms with van der Waals surface area (Å²) in [7, 11) is 0. The van der Waals surface area contributed by atoms with Crippen molar-refractivity contribution in [3.8, 4) is 0 Å². The van der Waals surface area contributed by atoms with Gasteiger partial charge >= 0.3 is 0 Å². The molecule has 14 heavy (non-hydrogen) atoms. The Bertz CT molecular complexity index is 315. The SMILES string of the molecule is CCc1nnsc1C(=O)NC(C)CCl. The highest BCUT2D eigenvalue weighted by atomic mass is 35.5. The van der Waals surface area contributed by atoms with Crippen LogP contribution in [0.15, 0.2) is 0 Å². The summed E-state index contributed by atoms with van der Waals surface area (Å²) in [5, 5.41) is 6.63. The largest absolute Gasteiger partial charge is 0.348 e. The van der Waals surface area contributed by atoms with Gasteiger partial charge in [0.25, 0.3) is 5.91 Å². The summed E-state index contributed by atoms with van der Waals surface area (Å²) in [6, 6.07) is -0.0315. The Balaban J connectivity index is 2.69. The molecular formula is C8H12ClN3OS. The molecule has 1 amide bonds. The first-order chi connectivity index (χ1) is 6.69. The number of nitrogens with one attached hydrogen (secondary N) is 1. The van der Waals surface area contributed by atoms with Gasteiger partial charge in [-0.3, -0.25) is 4.79 Å². The van der Waals surface area contributed by atoms with E-state index in [-0.39, 0.29) is 11.9 Å². The molecule has 1 rings (SSSR count). The van der Waals surface area contributed by atoms with Crippen molar-refractivity contribution in [2.75, 3.05) is 5.88 Å². The minimum absolute atomic E-state index is 0.0315. The first kappa shape index (κ1) is 11.4. The van der Waals surface area contributed by atoms with Crippen molar-refractivity contribution in [2.45, 2.75) is 26.3 Å². The summed E-state index contributed by atoms with van der Waals surface area (Å²) < 4.78 is 3.75. The molecule has 78 valence electrons. The molecule has 0 fully saturated rings. The number of amides is 1. The lowest BCUT2D eigenvalue weighted by Gasteiger charge is -2.08. The van der Waals surface area contributed by atoms with Gasteiger partial charge in [0, 0.05) is 11.9 Å². The maximum absolute atomic E-state index is 11.6. The lowest BCUT2D eigenvalue weighted by molar-refractivity contribution is 0.0946. The van der Waals surface area contributed by atoms with Crippen molar-refractivity contribution in [1.82, 2.24) is 14.9 Å². The number of halogens is 1. The van der Waals surface area contributed by atoms with Crippen LogP contribution in [0.2, 0.25) is 0 Å². The van der Waals surface area contributed by atoms with Crippen LogP contribution >= 0.6 is 23.1 Å². The number of nitrogens with zero attached hydrogens (tertiary/aromatic N) is 2. The zero-order chi connectivity index (χ0) is 10.6. The molecule has 0 saturated carbocycles. The Morgan fingerprint density at radius 1 is 1.71 bits per heavy atom. The second-order valence-corrected chi connectivity index (χ2v) is 3.99. The second kappa shape index (κ2) is 5.26. The molecule has 0 aliphatic carbocycles. The highest BCUT2D eigenvalue weighted by Gasteiger charge is 2.16. The van der Waals surface area contributed by atoms with Gasteiger partial charge in [-0.1, -0.05) is 11.4 Å². The van der Waals surface area contributed by atoms with Crippen LogP contribution in [-0.2, 0) is 6.42 Å². The molecule has 0 aromatic carbocycles. The molecule has 0 saturated heterocycles. The predicted octanol–water partition coefficient (Wildman–Crippen LogP) is 1.46. The third-order valence-corrected chi connectivity index (χ3v) is 2.94. The van der Waals surface area contributed by atoms with E-state index >= 15 is 0 Å². The van der Waals surface area contributed by atoms with Crippen LogP contribution in [0, 0.1) is 0 Å². The van der Waals surface area contributed by atoms with Crippen LogP contribution in [0.5, 0.6) is 0 Å². The Hall–Kier alpha value is -0.680. The van der Waals surface area contributed by atoms with Crippen molar-refractivity contribution in [3.63, 3.8) is 0 Å². The van der Waals surface area contributed by atoms with Gasteiger partial charge in [0.1, 0.15) is 4.88 Å². The van der Waals surface area contributed by atoms with E-state index in [1.807, 2.05) is 13.8 Å². The van der Waals surface area contributed by atoms with Gasteiger partial charge in [0.2, 0.25) is 0 Å². The lowest BCUT2D eigenvalue weighted by atomic mass is 10.3. The molecule has 1 aromatic rings. The minimum Gasteiger partial charge on any atom is -0.348 e. The predicted molar refractivity (Wildman–Crippen MR) is 56.9 cm³/mol. The number of hydrogen-bond acceptors (Lipinski definition) is 4. The summed E-state index contributed by atoms with van der Waals surface area (Å²) >= 11 is 6.71. The fourth-order valence-corrected chi connectivity index (χ4v) is 1.67.